The number of hydrogen-bond donors (Lipinski definition) is 1. The topological polar surface area (TPSA) is 58.6 Å². The molecule has 39 heavy (non-hydrogen) atoms. The number of carbonyl (C=O) groups is 2. The van der Waals surface area contributed by atoms with Crippen molar-refractivity contribution >= 4 is 11.8 Å². The molecule has 0 heterocycles. The van der Waals surface area contributed by atoms with E-state index < -0.39 is 6.04 Å². The van der Waals surface area contributed by atoms with Crippen molar-refractivity contribution < 1.29 is 14.3 Å². The van der Waals surface area contributed by atoms with Gasteiger partial charge in [-0.25, -0.2) is 0 Å². The molecule has 0 saturated heterocycles. The number of aryl methyl sites for hydroxylation is 2. The van der Waals surface area contributed by atoms with E-state index in [1.807, 2.05) is 116 Å². The number of rotatable bonds is 12. The Morgan fingerprint density at radius 1 is 0.744 bits per heavy atom. The average molecular weight is 521 g/mol. The standard InChI is InChI=1S/C34H36N2O3/c1-26-13-15-29(16-14-26)24-35-34(38)32(23-28-11-7-4-8-12-28)36(25-30-17-20-31(39-2)21-18-30)33(37)22-19-27-9-5-3-6-10-27/h3-18,20-21,32H,19,22-25H2,1-2H3,(H,35,38)/t32-/m0/s1. The summed E-state index contributed by atoms with van der Waals surface area (Å²) in [4.78, 5) is 29.3. The first-order chi connectivity index (χ1) is 19.0. The van der Waals surface area contributed by atoms with E-state index in [1.54, 1.807) is 12.0 Å². The van der Waals surface area contributed by atoms with Crippen LogP contribution in [-0.2, 0) is 35.5 Å². The lowest BCUT2D eigenvalue weighted by Crippen LogP contribution is -2.50. The molecule has 4 aromatic rings. The fraction of sp³-hybridized carbons (Fsp3) is 0.235. The highest BCUT2D eigenvalue weighted by Gasteiger charge is 2.30. The van der Waals surface area contributed by atoms with Gasteiger partial charge in [-0.3, -0.25) is 9.59 Å². The molecule has 0 aliphatic heterocycles. The van der Waals surface area contributed by atoms with Gasteiger partial charge < -0.3 is 15.0 Å². The Bertz CT molecular complexity index is 1320. The molecule has 2 amide bonds. The molecule has 0 aliphatic carbocycles. The van der Waals surface area contributed by atoms with Gasteiger partial charge in [-0.15, -0.1) is 0 Å². The Morgan fingerprint density at radius 3 is 1.95 bits per heavy atom. The molecular weight excluding hydrogens is 484 g/mol. The van der Waals surface area contributed by atoms with E-state index in [0.29, 0.717) is 32.4 Å². The zero-order valence-electron chi connectivity index (χ0n) is 22.7. The molecular formula is C34H36N2O3. The molecule has 1 atom stereocenters. The summed E-state index contributed by atoms with van der Waals surface area (Å²) in [6.45, 7) is 2.77. The molecule has 0 spiro atoms. The summed E-state index contributed by atoms with van der Waals surface area (Å²) >= 11 is 0. The molecule has 0 fully saturated rings. The summed E-state index contributed by atoms with van der Waals surface area (Å²) in [5, 5.41) is 3.10. The van der Waals surface area contributed by atoms with Crippen LogP contribution in [0.3, 0.4) is 0 Å². The number of ether oxygens (including phenoxy) is 1. The Balaban J connectivity index is 1.60. The summed E-state index contributed by atoms with van der Waals surface area (Å²) in [5.74, 6) is 0.527. The quantitative estimate of drug-likeness (QED) is 0.253. The van der Waals surface area contributed by atoms with Gasteiger partial charge in [-0.1, -0.05) is 103 Å². The highest BCUT2D eigenvalue weighted by atomic mass is 16.5. The van der Waals surface area contributed by atoms with Crippen molar-refractivity contribution in [1.82, 2.24) is 10.2 Å². The summed E-state index contributed by atoms with van der Waals surface area (Å²) in [6.07, 6.45) is 1.35. The highest BCUT2D eigenvalue weighted by molar-refractivity contribution is 5.88. The Hall–Kier alpha value is -4.38. The van der Waals surface area contributed by atoms with Gasteiger partial charge in [0.15, 0.2) is 0 Å². The van der Waals surface area contributed by atoms with Crippen molar-refractivity contribution in [3.8, 4) is 5.75 Å². The van der Waals surface area contributed by atoms with Gasteiger partial charge in [-0.05, 0) is 47.7 Å². The van der Waals surface area contributed by atoms with Gasteiger partial charge in [0, 0.05) is 25.9 Å². The monoisotopic (exact) mass is 520 g/mol. The average Bonchev–Trinajstić information content (AvgIpc) is 2.98. The van der Waals surface area contributed by atoms with E-state index in [4.69, 9.17) is 4.74 Å². The van der Waals surface area contributed by atoms with E-state index in [9.17, 15) is 9.59 Å². The van der Waals surface area contributed by atoms with Gasteiger partial charge in [-0.2, -0.15) is 0 Å². The van der Waals surface area contributed by atoms with Crippen LogP contribution in [0.1, 0.15) is 34.2 Å². The van der Waals surface area contributed by atoms with Gasteiger partial charge in [0.25, 0.3) is 0 Å². The number of methoxy groups -OCH3 is 1. The lowest BCUT2D eigenvalue weighted by atomic mass is 10.0. The zero-order chi connectivity index (χ0) is 27.5. The first kappa shape index (κ1) is 27.6. The minimum atomic E-state index is -0.664. The molecule has 0 bridgehead atoms. The third-order valence-corrected chi connectivity index (χ3v) is 6.84. The van der Waals surface area contributed by atoms with Crippen LogP contribution in [0.2, 0.25) is 0 Å². The second-order valence-corrected chi connectivity index (χ2v) is 9.76. The third kappa shape index (κ3) is 8.30. The highest BCUT2D eigenvalue weighted by Crippen LogP contribution is 2.19. The van der Waals surface area contributed by atoms with Gasteiger partial charge in [0.1, 0.15) is 11.8 Å². The molecule has 0 aliphatic rings. The molecule has 4 rings (SSSR count). The van der Waals surface area contributed by atoms with Gasteiger partial charge in [0.2, 0.25) is 11.8 Å². The van der Waals surface area contributed by atoms with Crippen LogP contribution in [0, 0.1) is 6.92 Å². The maximum atomic E-state index is 13.8. The fourth-order valence-corrected chi connectivity index (χ4v) is 4.53. The minimum absolute atomic E-state index is 0.0545. The first-order valence-corrected chi connectivity index (χ1v) is 13.4. The van der Waals surface area contributed by atoms with Crippen molar-refractivity contribution in [2.45, 2.75) is 45.3 Å². The molecule has 5 heteroatoms. The van der Waals surface area contributed by atoms with E-state index in [1.165, 1.54) is 5.56 Å². The molecule has 1 N–H and O–H groups in total. The Kier molecular flexibility index (Phi) is 9.90. The number of benzene rings is 4. The van der Waals surface area contributed by atoms with Crippen LogP contribution in [0.4, 0.5) is 0 Å². The van der Waals surface area contributed by atoms with Gasteiger partial charge in [0.05, 0.1) is 7.11 Å². The van der Waals surface area contributed by atoms with Crippen LogP contribution in [0.25, 0.3) is 0 Å². The minimum Gasteiger partial charge on any atom is -0.497 e. The largest absolute Gasteiger partial charge is 0.497 e. The maximum absolute atomic E-state index is 13.8. The lowest BCUT2D eigenvalue weighted by Gasteiger charge is -2.32. The van der Waals surface area contributed by atoms with Crippen molar-refractivity contribution in [2.24, 2.45) is 0 Å². The van der Waals surface area contributed by atoms with E-state index in [0.717, 1.165) is 28.0 Å². The predicted octanol–water partition coefficient (Wildman–Crippen LogP) is 5.89. The number of nitrogens with zero attached hydrogens (tertiary/aromatic N) is 1. The Morgan fingerprint density at radius 2 is 1.33 bits per heavy atom. The molecule has 0 saturated carbocycles. The van der Waals surface area contributed by atoms with Crippen LogP contribution >= 0.6 is 0 Å². The van der Waals surface area contributed by atoms with E-state index in [-0.39, 0.29) is 11.8 Å². The second kappa shape index (κ2) is 14.0. The molecule has 0 unspecified atom stereocenters. The van der Waals surface area contributed by atoms with Crippen LogP contribution in [0.5, 0.6) is 5.75 Å². The predicted molar refractivity (Wildman–Crippen MR) is 155 cm³/mol. The normalized spacial score (nSPS) is 11.4. The molecule has 0 radical (unpaired) electrons. The fourth-order valence-electron chi connectivity index (χ4n) is 4.53. The smallest absolute Gasteiger partial charge is 0.243 e. The van der Waals surface area contributed by atoms with Crippen LogP contribution < -0.4 is 10.1 Å². The van der Waals surface area contributed by atoms with Crippen LogP contribution in [-0.4, -0.2) is 29.9 Å². The Labute approximate surface area is 231 Å². The summed E-state index contributed by atoms with van der Waals surface area (Å²) in [7, 11) is 1.63. The second-order valence-electron chi connectivity index (χ2n) is 9.76. The van der Waals surface area contributed by atoms with Crippen molar-refractivity contribution in [1.29, 1.82) is 0 Å². The van der Waals surface area contributed by atoms with E-state index >= 15 is 0 Å². The number of amides is 2. The summed E-state index contributed by atoms with van der Waals surface area (Å²) < 4.78 is 5.31. The van der Waals surface area contributed by atoms with E-state index in [2.05, 4.69) is 5.32 Å². The maximum Gasteiger partial charge on any atom is 0.243 e. The molecule has 5 nitrogen and oxygen atoms in total. The van der Waals surface area contributed by atoms with Gasteiger partial charge >= 0.3 is 0 Å². The number of carbonyl (C=O) groups excluding carboxylic acids is 2. The van der Waals surface area contributed by atoms with Crippen molar-refractivity contribution in [3.05, 3.63) is 137 Å². The van der Waals surface area contributed by atoms with Crippen molar-refractivity contribution in [2.75, 3.05) is 7.11 Å². The zero-order valence-corrected chi connectivity index (χ0v) is 22.7. The van der Waals surface area contributed by atoms with Crippen molar-refractivity contribution in [3.63, 3.8) is 0 Å². The summed E-state index contributed by atoms with van der Waals surface area (Å²) in [5.41, 5.74) is 5.22. The first-order valence-electron chi connectivity index (χ1n) is 13.4. The number of nitrogens with one attached hydrogen (secondary N) is 1. The SMILES string of the molecule is COc1ccc(CN(C(=O)CCc2ccccc2)[C@@H](Cc2ccccc2)C(=O)NCc2ccc(C)cc2)cc1. The molecule has 200 valence electrons. The lowest BCUT2D eigenvalue weighted by molar-refractivity contribution is -0.141. The molecule has 4 aromatic carbocycles. The summed E-state index contributed by atoms with van der Waals surface area (Å²) in [6, 6.07) is 34.9. The molecule has 0 aromatic heterocycles. The third-order valence-electron chi connectivity index (χ3n) is 6.84. The van der Waals surface area contributed by atoms with Crippen LogP contribution in [0.15, 0.2) is 109 Å². The number of hydrogen-bond acceptors (Lipinski definition) is 3.